The van der Waals surface area contributed by atoms with Gasteiger partial charge >= 0.3 is 30.2 Å². The second-order valence-electron chi connectivity index (χ2n) is 5.09. The molecule has 0 unspecified atom stereocenters. The van der Waals surface area contributed by atoms with Gasteiger partial charge in [-0.15, -0.1) is 37.7 Å². The third-order valence-corrected chi connectivity index (χ3v) is 2.95. The van der Waals surface area contributed by atoms with E-state index in [1.807, 2.05) is 67.5 Å². The van der Waals surface area contributed by atoms with Gasteiger partial charge in [0.25, 0.3) is 0 Å². The Morgan fingerprint density at radius 2 is 0.964 bits per heavy atom. The summed E-state index contributed by atoms with van der Waals surface area (Å²) in [6.45, 7) is 6.07. The van der Waals surface area contributed by atoms with Crippen LogP contribution in [0.3, 0.4) is 0 Å². The van der Waals surface area contributed by atoms with Crippen LogP contribution in [0, 0.1) is 24.3 Å². The van der Waals surface area contributed by atoms with E-state index in [2.05, 4.69) is 62.4 Å². The number of hydrogen-bond donors (Lipinski definition) is 0. The zero-order valence-electron chi connectivity index (χ0n) is 16.5. The number of rotatable bonds is 0. The Balaban J connectivity index is -0.000000282. The summed E-state index contributed by atoms with van der Waals surface area (Å²) in [5.74, 6) is 0. The zero-order chi connectivity index (χ0) is 19.3. The molecule has 28 heavy (non-hydrogen) atoms. The van der Waals surface area contributed by atoms with Crippen molar-refractivity contribution in [1.82, 2.24) is 0 Å². The molecule has 0 saturated heterocycles. The molecule has 0 saturated carbocycles. The molecule has 2 aromatic carbocycles. The van der Waals surface area contributed by atoms with E-state index in [0.717, 1.165) is 12.8 Å². The Morgan fingerprint density at radius 1 is 0.643 bits per heavy atom. The molecule has 4 heteroatoms. The van der Waals surface area contributed by atoms with E-state index >= 15 is 0 Å². The Kier molecular flexibility index (Phi) is 29.6. The van der Waals surface area contributed by atoms with Crippen molar-refractivity contribution < 1.29 is 23.3 Å². The second-order valence-corrected chi connectivity index (χ2v) is 5.09. The normalized spacial score (nSPS) is 11.5. The standard InChI is InChI=1S/2C6H7.2C6H5.2ClH.H2Si.Zr/c2*1-6-4-2-3-5-6;2*1-2-4-6-5-3-1;;;;/h2*2,4H,3H2,1H3;2*1-5H;2*1H;1H2;/q4*-1;;;;. The number of halogens is 2. The molecule has 0 fully saturated rings. The smallest absolute Gasteiger partial charge is 0.171 e. The van der Waals surface area contributed by atoms with Gasteiger partial charge in [-0.05, 0) is 0 Å². The summed E-state index contributed by atoms with van der Waals surface area (Å²) < 4.78 is 0. The maximum Gasteiger partial charge on any atom is -0.171 e. The second kappa shape index (κ2) is 26.1. The van der Waals surface area contributed by atoms with E-state index < -0.39 is 0 Å². The molecule has 0 aliphatic heterocycles. The van der Waals surface area contributed by atoms with Gasteiger partial charge in [0, 0.05) is 0 Å². The first-order valence-electron chi connectivity index (χ1n) is 8.44. The molecule has 0 atom stereocenters. The minimum Gasteiger partial charge on any atom is -0.184 e. The van der Waals surface area contributed by atoms with Crippen LogP contribution >= 0.6 is 24.8 Å². The average Bonchev–Trinajstić information content (AvgIpc) is 3.41. The third kappa shape index (κ3) is 23.1. The fraction of sp³-hybridized carbons (Fsp3) is 0.167. The Bertz CT molecular complexity index is 547. The summed E-state index contributed by atoms with van der Waals surface area (Å²) in [6, 6.07) is 25.0. The van der Waals surface area contributed by atoms with Crippen LogP contribution in [0.2, 0.25) is 0 Å². The van der Waals surface area contributed by atoms with Crippen LogP contribution in [0.5, 0.6) is 0 Å². The summed E-state index contributed by atoms with van der Waals surface area (Å²) in [6.07, 6.45) is 16.7. The maximum atomic E-state index is 3.12. The third-order valence-electron chi connectivity index (χ3n) is 2.95. The quantitative estimate of drug-likeness (QED) is 0.291. The molecule has 0 radical (unpaired) electrons. The van der Waals surface area contributed by atoms with E-state index in [-0.39, 0.29) is 24.8 Å². The molecule has 2 aromatic rings. The van der Waals surface area contributed by atoms with Gasteiger partial charge in [-0.1, -0.05) is 13.8 Å². The van der Waals surface area contributed by atoms with Crippen molar-refractivity contribution in [3.63, 3.8) is 0 Å². The molecule has 0 bridgehead atoms. The predicted octanol–water partition coefficient (Wildman–Crippen LogP) is 6.29. The molecular formula is C24H28Cl2SiZr-4. The van der Waals surface area contributed by atoms with Crippen molar-refractivity contribution in [1.29, 1.82) is 0 Å². The topological polar surface area (TPSA) is 0 Å². The number of benzene rings is 2. The van der Waals surface area contributed by atoms with Crippen molar-refractivity contribution in [2.75, 3.05) is 0 Å². The van der Waals surface area contributed by atoms with Crippen LogP contribution < -0.4 is 0 Å². The first-order valence-corrected chi connectivity index (χ1v) is 14.4. The fourth-order valence-corrected chi connectivity index (χ4v) is 1.71. The Hall–Kier alpha value is -0.920. The molecule has 0 aromatic heterocycles. The molecule has 2 aliphatic rings. The molecule has 0 heterocycles. The number of hydrogen-bond acceptors (Lipinski definition) is 0. The maximum absolute atomic E-state index is 3.12. The van der Waals surface area contributed by atoms with Crippen molar-refractivity contribution >= 4 is 31.7 Å². The molecular weight excluding hydrogens is 478 g/mol. The summed E-state index contributed by atoms with van der Waals surface area (Å²) in [5.41, 5.74) is 2.55. The van der Waals surface area contributed by atoms with Gasteiger partial charge in [0.15, 0.2) is 0 Å². The molecule has 4 rings (SSSR count). The monoisotopic (exact) mass is 504 g/mol. The van der Waals surface area contributed by atoms with Crippen molar-refractivity contribution in [2.24, 2.45) is 0 Å². The van der Waals surface area contributed by atoms with Gasteiger partial charge in [0.1, 0.15) is 0 Å². The largest absolute Gasteiger partial charge is 0.184 e. The van der Waals surface area contributed by atoms with Gasteiger partial charge in [0.2, 0.25) is 0 Å². The minimum atomic E-state index is 0. The van der Waals surface area contributed by atoms with Crippen LogP contribution in [0.25, 0.3) is 0 Å². The van der Waals surface area contributed by atoms with E-state index in [1.54, 1.807) is 23.3 Å². The number of allylic oxidation sites excluding steroid dienone is 8. The summed E-state index contributed by atoms with van der Waals surface area (Å²) in [5, 5.41) is 0. The summed E-state index contributed by atoms with van der Waals surface area (Å²) in [4.78, 5) is 0. The van der Waals surface area contributed by atoms with Gasteiger partial charge < -0.3 is 0 Å². The molecule has 150 valence electrons. The van der Waals surface area contributed by atoms with Crippen LogP contribution in [0.4, 0.5) is 0 Å². The average molecular weight is 507 g/mol. The molecule has 2 aliphatic carbocycles. The van der Waals surface area contributed by atoms with Crippen LogP contribution in [0.15, 0.2) is 96.1 Å². The predicted molar refractivity (Wildman–Crippen MR) is 126 cm³/mol. The SMILES string of the molecule is CC1=[C-]CC=C1.CC1=[C-]CC=C1.Cl.Cl.[SiH2]=[Zr].[c-]1ccccc1.[c-]1ccccc1. The summed E-state index contributed by atoms with van der Waals surface area (Å²) >= 11 is 1.58. The zero-order valence-corrected chi connectivity index (χ0v) is 22.0. The first kappa shape index (κ1) is 31.8. The minimum absolute atomic E-state index is 0. The molecule has 0 amide bonds. The first-order chi connectivity index (χ1) is 12.8. The van der Waals surface area contributed by atoms with E-state index in [0.29, 0.717) is 0 Å². The Morgan fingerprint density at radius 3 is 1.04 bits per heavy atom. The Labute approximate surface area is 200 Å². The van der Waals surface area contributed by atoms with Gasteiger partial charge in [-0.25, -0.2) is 23.3 Å². The van der Waals surface area contributed by atoms with E-state index in [4.69, 9.17) is 0 Å². The van der Waals surface area contributed by atoms with Crippen molar-refractivity contribution in [2.45, 2.75) is 26.7 Å². The van der Waals surface area contributed by atoms with Crippen molar-refractivity contribution in [3.8, 4) is 0 Å². The van der Waals surface area contributed by atoms with Crippen LogP contribution in [-0.4, -0.2) is 6.88 Å². The van der Waals surface area contributed by atoms with E-state index in [1.165, 1.54) is 11.1 Å². The molecule has 0 N–H and O–H groups in total. The molecule has 0 nitrogen and oxygen atoms in total. The fourth-order valence-electron chi connectivity index (χ4n) is 1.71. The van der Waals surface area contributed by atoms with Crippen LogP contribution in [0.1, 0.15) is 26.7 Å². The van der Waals surface area contributed by atoms with Gasteiger partial charge in [-0.2, -0.15) is 84.9 Å². The van der Waals surface area contributed by atoms with Gasteiger partial charge in [-0.3, -0.25) is 12.2 Å². The van der Waals surface area contributed by atoms with Crippen molar-refractivity contribution in [3.05, 3.63) is 120 Å². The van der Waals surface area contributed by atoms with Crippen LogP contribution in [-0.2, 0) is 23.3 Å². The summed E-state index contributed by atoms with van der Waals surface area (Å²) in [7, 11) is 0. The van der Waals surface area contributed by atoms with Gasteiger partial charge in [0.05, 0.1) is 0 Å². The van der Waals surface area contributed by atoms with E-state index in [9.17, 15) is 0 Å². The molecule has 0 spiro atoms.